The van der Waals surface area contributed by atoms with E-state index in [1.807, 2.05) is 13.8 Å². The quantitative estimate of drug-likeness (QED) is 0.232. The number of hydrogen-bond donors (Lipinski definition) is 3. The van der Waals surface area contributed by atoms with Crippen LogP contribution in [0.3, 0.4) is 0 Å². The van der Waals surface area contributed by atoms with Gasteiger partial charge in [-0.15, -0.1) is 0 Å². The molecule has 2 atom stereocenters. The number of esters is 1. The number of aromatic hydroxyl groups is 1. The number of phenolic OH excluding ortho intramolecular Hbond substituents is 1. The van der Waals surface area contributed by atoms with E-state index in [1.165, 1.54) is 12.0 Å². The molecule has 39 heavy (non-hydrogen) atoms. The highest BCUT2D eigenvalue weighted by atomic mass is 16.6. The number of carbonyl (C=O) groups is 4. The van der Waals surface area contributed by atoms with Crippen molar-refractivity contribution >= 4 is 23.9 Å². The molecule has 0 saturated carbocycles. The summed E-state index contributed by atoms with van der Waals surface area (Å²) in [6, 6.07) is 2.74. The highest BCUT2D eigenvalue weighted by molar-refractivity contribution is 5.93. The molecule has 0 radical (unpaired) electrons. The molecule has 220 valence electrons. The fourth-order valence-corrected chi connectivity index (χ4v) is 4.10. The summed E-state index contributed by atoms with van der Waals surface area (Å²) in [6.07, 6.45) is 2.92. The molecule has 10 heteroatoms. The summed E-state index contributed by atoms with van der Waals surface area (Å²) >= 11 is 0. The molecule has 0 aliphatic carbocycles. The van der Waals surface area contributed by atoms with E-state index < -0.39 is 48.1 Å². The zero-order valence-corrected chi connectivity index (χ0v) is 24.8. The van der Waals surface area contributed by atoms with Crippen molar-refractivity contribution in [3.8, 4) is 5.75 Å². The van der Waals surface area contributed by atoms with Gasteiger partial charge in [0, 0.05) is 12.1 Å². The first-order valence-corrected chi connectivity index (χ1v) is 13.6. The second-order valence-corrected chi connectivity index (χ2v) is 11.1. The van der Waals surface area contributed by atoms with Crippen molar-refractivity contribution in [2.24, 2.45) is 5.92 Å². The fraction of sp³-hybridized carbons (Fsp3) is 0.655. The molecule has 0 bridgehead atoms. The Morgan fingerprint density at radius 1 is 1.08 bits per heavy atom. The number of carbonyl (C=O) groups excluding carboxylic acids is 4. The van der Waals surface area contributed by atoms with Crippen LogP contribution < -0.4 is 10.6 Å². The summed E-state index contributed by atoms with van der Waals surface area (Å²) in [5, 5.41) is 16.2. The Hall–Kier alpha value is -3.30. The predicted octanol–water partition coefficient (Wildman–Crippen LogP) is 4.38. The summed E-state index contributed by atoms with van der Waals surface area (Å²) in [6.45, 7) is 12.6. The van der Waals surface area contributed by atoms with Crippen LogP contribution in [-0.4, -0.2) is 65.7 Å². The largest absolute Gasteiger partial charge is 0.507 e. The van der Waals surface area contributed by atoms with Gasteiger partial charge in [0.15, 0.2) is 0 Å². The minimum Gasteiger partial charge on any atom is -0.507 e. The number of rotatable bonds is 14. The number of ether oxygens (including phenoxy) is 2. The molecule has 0 fully saturated rings. The van der Waals surface area contributed by atoms with Gasteiger partial charge >= 0.3 is 12.1 Å². The van der Waals surface area contributed by atoms with E-state index in [4.69, 9.17) is 4.74 Å². The van der Waals surface area contributed by atoms with E-state index in [-0.39, 0.29) is 23.8 Å². The number of hydrogen-bond acceptors (Lipinski definition) is 7. The molecule has 0 aliphatic heterocycles. The number of amides is 3. The summed E-state index contributed by atoms with van der Waals surface area (Å²) in [5.41, 5.74) is -0.0111. The standard InChI is InChI=1S/C29H47N3O7/c1-9-10-11-12-16-32(27(36)22(17-19(2)3)31-28(37)39-29(5,6)7)24(26(35)30-18-23(33)38-8)21-15-13-14-20(4)25(21)34/h13-15,19,22,24,34H,9-12,16-18H2,1-8H3,(H,30,35)(H,31,37). The van der Waals surface area contributed by atoms with Gasteiger partial charge in [0.25, 0.3) is 0 Å². The second kappa shape index (κ2) is 16.0. The van der Waals surface area contributed by atoms with Crippen LogP contribution in [0, 0.1) is 12.8 Å². The van der Waals surface area contributed by atoms with E-state index >= 15 is 0 Å². The van der Waals surface area contributed by atoms with Gasteiger partial charge in [0.1, 0.15) is 30.0 Å². The number of benzene rings is 1. The molecule has 2 unspecified atom stereocenters. The Bertz CT molecular complexity index is 972. The lowest BCUT2D eigenvalue weighted by molar-refractivity contribution is -0.145. The third-order valence-corrected chi connectivity index (χ3v) is 5.99. The zero-order valence-electron chi connectivity index (χ0n) is 24.8. The molecular weight excluding hydrogens is 502 g/mol. The van der Waals surface area contributed by atoms with Crippen molar-refractivity contribution in [1.29, 1.82) is 0 Å². The van der Waals surface area contributed by atoms with Crippen LogP contribution in [0.1, 0.15) is 90.8 Å². The SMILES string of the molecule is CCCCCCN(C(=O)C(CC(C)C)NC(=O)OC(C)(C)C)C(C(=O)NCC(=O)OC)c1cccc(C)c1O. The molecule has 0 aliphatic rings. The molecule has 0 saturated heterocycles. The van der Waals surface area contributed by atoms with Gasteiger partial charge in [-0.25, -0.2) is 4.79 Å². The van der Waals surface area contributed by atoms with Crippen molar-refractivity contribution in [3.63, 3.8) is 0 Å². The van der Waals surface area contributed by atoms with Crippen LogP contribution in [0.5, 0.6) is 5.75 Å². The molecular formula is C29H47N3O7. The van der Waals surface area contributed by atoms with E-state index in [0.717, 1.165) is 19.3 Å². The Labute approximate surface area is 232 Å². The number of para-hydroxylation sites is 1. The Kier molecular flexibility index (Phi) is 13.8. The van der Waals surface area contributed by atoms with Crippen LogP contribution in [0.25, 0.3) is 0 Å². The number of methoxy groups -OCH3 is 1. The minimum absolute atomic E-state index is 0.0369. The molecule has 1 rings (SSSR count). The van der Waals surface area contributed by atoms with Crippen LogP contribution in [0.4, 0.5) is 4.79 Å². The third-order valence-electron chi connectivity index (χ3n) is 5.99. The molecule has 0 spiro atoms. The lowest BCUT2D eigenvalue weighted by Crippen LogP contribution is -2.54. The lowest BCUT2D eigenvalue weighted by Gasteiger charge is -2.35. The number of alkyl carbamates (subject to hydrolysis) is 1. The van der Waals surface area contributed by atoms with Gasteiger partial charge in [-0.3, -0.25) is 14.4 Å². The maximum absolute atomic E-state index is 14.2. The third kappa shape index (κ3) is 11.5. The number of aryl methyl sites for hydroxylation is 1. The molecule has 0 aromatic heterocycles. The van der Waals surface area contributed by atoms with E-state index in [9.17, 15) is 24.3 Å². The number of unbranched alkanes of at least 4 members (excludes halogenated alkanes) is 3. The van der Waals surface area contributed by atoms with Crippen LogP contribution in [0.2, 0.25) is 0 Å². The first kappa shape index (κ1) is 33.7. The van der Waals surface area contributed by atoms with Gasteiger partial charge in [0.2, 0.25) is 11.8 Å². The predicted molar refractivity (Wildman–Crippen MR) is 149 cm³/mol. The van der Waals surface area contributed by atoms with Gasteiger partial charge in [-0.05, 0) is 52.0 Å². The smallest absolute Gasteiger partial charge is 0.408 e. The molecule has 0 heterocycles. The first-order chi connectivity index (χ1) is 18.2. The average molecular weight is 550 g/mol. The van der Waals surface area contributed by atoms with Crippen molar-refractivity contribution in [2.75, 3.05) is 20.2 Å². The summed E-state index contributed by atoms with van der Waals surface area (Å²) in [5.74, 6) is -1.87. The number of nitrogens with one attached hydrogen (secondary N) is 2. The lowest BCUT2D eigenvalue weighted by atomic mass is 9.97. The maximum atomic E-state index is 14.2. The van der Waals surface area contributed by atoms with Crippen LogP contribution in [-0.2, 0) is 23.9 Å². The number of phenols is 1. The normalized spacial score (nSPS) is 12.8. The topological polar surface area (TPSA) is 134 Å². The highest BCUT2D eigenvalue weighted by Crippen LogP contribution is 2.33. The first-order valence-electron chi connectivity index (χ1n) is 13.6. The molecule has 3 N–H and O–H groups in total. The van der Waals surface area contributed by atoms with E-state index in [0.29, 0.717) is 18.4 Å². The molecule has 3 amide bonds. The van der Waals surface area contributed by atoms with Crippen molar-refractivity contribution in [2.45, 2.75) is 98.3 Å². The molecule has 10 nitrogen and oxygen atoms in total. The number of nitrogens with zero attached hydrogens (tertiary/aromatic N) is 1. The minimum atomic E-state index is -1.25. The van der Waals surface area contributed by atoms with E-state index in [1.54, 1.807) is 45.9 Å². The average Bonchev–Trinajstić information content (AvgIpc) is 2.84. The van der Waals surface area contributed by atoms with Crippen molar-refractivity contribution < 1.29 is 33.8 Å². The van der Waals surface area contributed by atoms with Gasteiger partial charge in [0.05, 0.1) is 7.11 Å². The van der Waals surface area contributed by atoms with Gasteiger partial charge in [-0.2, -0.15) is 0 Å². The highest BCUT2D eigenvalue weighted by Gasteiger charge is 2.37. The Balaban J connectivity index is 3.57. The fourth-order valence-electron chi connectivity index (χ4n) is 4.10. The Morgan fingerprint density at radius 3 is 2.31 bits per heavy atom. The van der Waals surface area contributed by atoms with Gasteiger partial charge < -0.3 is 30.1 Å². The second-order valence-electron chi connectivity index (χ2n) is 11.1. The maximum Gasteiger partial charge on any atom is 0.408 e. The van der Waals surface area contributed by atoms with Crippen molar-refractivity contribution in [1.82, 2.24) is 15.5 Å². The summed E-state index contributed by atoms with van der Waals surface area (Å²) in [4.78, 5) is 53.6. The Morgan fingerprint density at radius 2 is 1.74 bits per heavy atom. The molecule has 1 aromatic carbocycles. The van der Waals surface area contributed by atoms with Crippen LogP contribution >= 0.6 is 0 Å². The van der Waals surface area contributed by atoms with Crippen molar-refractivity contribution in [3.05, 3.63) is 29.3 Å². The summed E-state index contributed by atoms with van der Waals surface area (Å²) < 4.78 is 10.1. The zero-order chi connectivity index (χ0) is 29.8. The van der Waals surface area contributed by atoms with E-state index in [2.05, 4.69) is 22.3 Å². The summed E-state index contributed by atoms with van der Waals surface area (Å²) in [7, 11) is 1.21. The van der Waals surface area contributed by atoms with Crippen LogP contribution in [0.15, 0.2) is 18.2 Å². The monoisotopic (exact) mass is 549 g/mol. The van der Waals surface area contributed by atoms with Gasteiger partial charge in [-0.1, -0.05) is 58.2 Å². The molecule has 1 aromatic rings.